The van der Waals surface area contributed by atoms with E-state index in [0.29, 0.717) is 31.5 Å². The van der Waals surface area contributed by atoms with Gasteiger partial charge in [0.25, 0.3) is 0 Å². The molecule has 0 saturated carbocycles. The van der Waals surface area contributed by atoms with Crippen LogP contribution in [0.2, 0.25) is 0 Å². The van der Waals surface area contributed by atoms with Gasteiger partial charge in [-0.05, 0) is 48.9 Å². The summed E-state index contributed by atoms with van der Waals surface area (Å²) in [5, 5.41) is 14.3. The zero-order chi connectivity index (χ0) is 39.4. The third-order valence-corrected chi connectivity index (χ3v) is 10.9. The smallest absolute Gasteiger partial charge is 0.246 e. The second-order valence-electron chi connectivity index (χ2n) is 14.1. The van der Waals surface area contributed by atoms with E-state index in [0.717, 1.165) is 33.2 Å². The van der Waals surface area contributed by atoms with E-state index in [1.54, 1.807) is 5.51 Å². The molecule has 1 fully saturated rings. The molecule has 6 rings (SSSR count). The van der Waals surface area contributed by atoms with E-state index in [4.69, 9.17) is 11.6 Å². The number of aryl methyl sites for hydroxylation is 1. The number of nitrogens with one attached hydrogen (secondary N) is 5. The molecule has 56 heavy (non-hydrogen) atoms. The van der Waals surface area contributed by atoms with Crippen molar-refractivity contribution in [3.8, 4) is 0 Å². The number of halogens is 1. The summed E-state index contributed by atoms with van der Waals surface area (Å²) in [7, 11) is 0. The summed E-state index contributed by atoms with van der Waals surface area (Å²) in [6.07, 6.45) is 4.01. The molecule has 3 aromatic carbocycles. The highest BCUT2D eigenvalue weighted by atomic mass is 35.5. The molecule has 4 atom stereocenters. The summed E-state index contributed by atoms with van der Waals surface area (Å²) in [4.78, 5) is 78.2. The van der Waals surface area contributed by atoms with Gasteiger partial charge in [0.1, 0.15) is 30.0 Å². The Balaban J connectivity index is 1.24. The minimum atomic E-state index is -1.11. The number of likely N-dealkylation sites (tertiary alicyclic amines) is 1. The number of carbonyl (C=O) groups excluding carboxylic acids is 5. The zero-order valence-electron chi connectivity index (χ0n) is 31.1. The van der Waals surface area contributed by atoms with Crippen LogP contribution in [-0.2, 0) is 49.8 Å². The number of para-hydroxylation sites is 1. The Hall–Kier alpha value is -5.53. The highest BCUT2D eigenvalue weighted by molar-refractivity contribution is 7.07. The number of hydrogen-bond acceptors (Lipinski definition) is 7. The Labute approximate surface area is 334 Å². The van der Waals surface area contributed by atoms with Crippen LogP contribution < -0.4 is 21.3 Å². The molecular weight excluding hydrogens is 750 g/mol. The fourth-order valence-corrected chi connectivity index (χ4v) is 7.64. The van der Waals surface area contributed by atoms with Gasteiger partial charge in [-0.15, -0.1) is 22.9 Å². The van der Waals surface area contributed by atoms with Gasteiger partial charge in [0.15, 0.2) is 0 Å². The number of benzene rings is 3. The van der Waals surface area contributed by atoms with E-state index in [1.165, 1.54) is 16.2 Å². The van der Waals surface area contributed by atoms with Crippen LogP contribution >= 0.6 is 22.9 Å². The predicted molar refractivity (Wildman–Crippen MR) is 217 cm³/mol. The standard InChI is InChI=1S/C42H46ClN7O5S/c1-27-14-16-29(17-15-27)23-45-39(52)35(21-31-25-56-26-46-31)48-40(53)34(20-30-24-44-33-12-6-5-11-32(30)33)49-41(54)37-13-7-8-18-50(37)42(55)36(47-38(51)22-43)19-28-9-3-2-4-10-28/h2-6,9-12,14-17,24-26,34-37,44H,7-8,13,18-23H2,1H3,(H,45,52)(H,47,51)(H,48,53)(H,49,54)/t34-,35-,36-,37-/m0/s1. The van der Waals surface area contributed by atoms with Crippen LogP contribution in [-0.4, -0.2) is 81.0 Å². The first kappa shape index (κ1) is 40.1. The first-order chi connectivity index (χ1) is 27.2. The van der Waals surface area contributed by atoms with Crippen molar-refractivity contribution >= 4 is 63.4 Å². The number of hydrogen-bond donors (Lipinski definition) is 5. The molecule has 5 aromatic rings. The van der Waals surface area contributed by atoms with Crippen molar-refractivity contribution in [2.45, 2.75) is 76.2 Å². The second kappa shape index (κ2) is 19.4. The molecule has 5 N–H and O–H groups in total. The fourth-order valence-electron chi connectivity index (χ4n) is 7.00. The third kappa shape index (κ3) is 10.6. The number of aromatic nitrogens is 2. The van der Waals surface area contributed by atoms with Crippen molar-refractivity contribution < 1.29 is 24.0 Å². The fraction of sp³-hybridized carbons (Fsp3) is 0.333. The molecule has 12 nitrogen and oxygen atoms in total. The normalized spacial score (nSPS) is 15.7. The molecule has 0 radical (unpaired) electrons. The van der Waals surface area contributed by atoms with Crippen molar-refractivity contribution in [3.63, 3.8) is 0 Å². The maximum absolute atomic E-state index is 14.4. The molecular formula is C42H46ClN7O5S. The van der Waals surface area contributed by atoms with E-state index < -0.39 is 53.7 Å². The van der Waals surface area contributed by atoms with Crippen molar-refractivity contribution in [1.29, 1.82) is 0 Å². The van der Waals surface area contributed by atoms with Crippen molar-refractivity contribution in [1.82, 2.24) is 36.1 Å². The number of rotatable bonds is 16. The molecule has 292 valence electrons. The second-order valence-corrected chi connectivity index (χ2v) is 15.0. The van der Waals surface area contributed by atoms with E-state index in [1.807, 2.05) is 97.4 Å². The van der Waals surface area contributed by atoms with Gasteiger partial charge in [0, 0.05) is 54.8 Å². The molecule has 5 amide bonds. The Morgan fingerprint density at radius 1 is 0.839 bits per heavy atom. The average Bonchev–Trinajstić information content (AvgIpc) is 3.90. The van der Waals surface area contributed by atoms with Crippen molar-refractivity contribution in [2.75, 3.05) is 12.4 Å². The van der Waals surface area contributed by atoms with Crippen LogP contribution in [0.4, 0.5) is 0 Å². The number of amides is 5. The first-order valence-electron chi connectivity index (χ1n) is 18.7. The number of alkyl halides is 1. The zero-order valence-corrected chi connectivity index (χ0v) is 32.7. The van der Waals surface area contributed by atoms with E-state index in [-0.39, 0.29) is 31.7 Å². The Bertz CT molecular complexity index is 2110. The van der Waals surface area contributed by atoms with Crippen LogP contribution in [0.15, 0.2) is 96.0 Å². The van der Waals surface area contributed by atoms with Gasteiger partial charge >= 0.3 is 0 Å². The number of nitrogens with zero attached hydrogens (tertiary/aromatic N) is 2. The predicted octanol–water partition coefficient (Wildman–Crippen LogP) is 4.35. The number of thiazole rings is 1. The minimum Gasteiger partial charge on any atom is -0.361 e. The number of aromatic amines is 1. The van der Waals surface area contributed by atoms with Crippen LogP contribution in [0.5, 0.6) is 0 Å². The molecule has 0 aliphatic carbocycles. The third-order valence-electron chi connectivity index (χ3n) is 9.97. The molecule has 1 saturated heterocycles. The topological polar surface area (TPSA) is 165 Å². The largest absolute Gasteiger partial charge is 0.361 e. The molecule has 0 unspecified atom stereocenters. The average molecular weight is 796 g/mol. The SMILES string of the molecule is Cc1ccc(CNC(=O)[C@H](Cc2cscn2)NC(=O)[C@H](Cc2c[nH]c3ccccc23)NC(=O)[C@@H]2CCCCN2C(=O)[C@H](Cc2ccccc2)NC(=O)CCl)cc1. The number of H-pyrrole nitrogens is 1. The van der Waals surface area contributed by atoms with E-state index in [9.17, 15) is 24.0 Å². The lowest BCUT2D eigenvalue weighted by Crippen LogP contribution is -2.61. The lowest BCUT2D eigenvalue weighted by Gasteiger charge is -2.37. The number of fused-ring (bicyclic) bond motifs is 1. The number of piperidine rings is 1. The van der Waals surface area contributed by atoms with E-state index >= 15 is 0 Å². The highest BCUT2D eigenvalue weighted by Crippen LogP contribution is 2.22. The molecule has 14 heteroatoms. The Morgan fingerprint density at radius 2 is 1.59 bits per heavy atom. The summed E-state index contributed by atoms with van der Waals surface area (Å²) in [6.45, 7) is 2.55. The molecule has 3 heterocycles. The maximum atomic E-state index is 14.4. The van der Waals surface area contributed by atoms with Crippen LogP contribution in [0.3, 0.4) is 0 Å². The van der Waals surface area contributed by atoms with Crippen molar-refractivity contribution in [3.05, 3.63) is 124 Å². The van der Waals surface area contributed by atoms with Gasteiger partial charge in [-0.3, -0.25) is 24.0 Å². The summed E-state index contributed by atoms with van der Waals surface area (Å²) < 4.78 is 0. The first-order valence-corrected chi connectivity index (χ1v) is 20.2. The lowest BCUT2D eigenvalue weighted by atomic mass is 9.97. The summed E-state index contributed by atoms with van der Waals surface area (Å²) in [6, 6.07) is 20.8. The quantitative estimate of drug-likeness (QED) is 0.0933. The van der Waals surface area contributed by atoms with Crippen LogP contribution in [0, 0.1) is 6.92 Å². The molecule has 0 bridgehead atoms. The van der Waals surface area contributed by atoms with Gasteiger partial charge in [0.05, 0.1) is 11.2 Å². The Morgan fingerprint density at radius 3 is 2.34 bits per heavy atom. The summed E-state index contributed by atoms with van der Waals surface area (Å²) >= 11 is 7.22. The van der Waals surface area contributed by atoms with Crippen molar-refractivity contribution in [2.24, 2.45) is 0 Å². The summed E-state index contributed by atoms with van der Waals surface area (Å²) in [5.41, 5.74) is 6.83. The van der Waals surface area contributed by atoms with Gasteiger partial charge in [-0.2, -0.15) is 0 Å². The monoisotopic (exact) mass is 795 g/mol. The summed E-state index contributed by atoms with van der Waals surface area (Å²) in [5.74, 6) is -2.67. The van der Waals surface area contributed by atoms with Gasteiger partial charge in [-0.1, -0.05) is 78.4 Å². The molecule has 1 aliphatic rings. The maximum Gasteiger partial charge on any atom is 0.246 e. The molecule has 0 spiro atoms. The molecule has 1 aliphatic heterocycles. The van der Waals surface area contributed by atoms with E-state index in [2.05, 4.69) is 31.2 Å². The highest BCUT2D eigenvalue weighted by Gasteiger charge is 2.38. The van der Waals surface area contributed by atoms with Crippen LogP contribution in [0.25, 0.3) is 10.9 Å². The van der Waals surface area contributed by atoms with Gasteiger partial charge in [0.2, 0.25) is 29.5 Å². The molecule has 2 aromatic heterocycles. The number of carbonyl (C=O) groups is 5. The van der Waals surface area contributed by atoms with Crippen LogP contribution in [0.1, 0.15) is 47.2 Å². The van der Waals surface area contributed by atoms with Gasteiger partial charge < -0.3 is 31.2 Å². The lowest BCUT2D eigenvalue weighted by molar-refractivity contribution is -0.145. The minimum absolute atomic E-state index is 0.110. The Kier molecular flexibility index (Phi) is 13.9. The van der Waals surface area contributed by atoms with Gasteiger partial charge in [-0.25, -0.2) is 4.98 Å².